The molecular weight excluding hydrogens is 378 g/mol. The van der Waals surface area contributed by atoms with Gasteiger partial charge in [-0.25, -0.2) is 0 Å². The van der Waals surface area contributed by atoms with Crippen LogP contribution in [0.5, 0.6) is 5.75 Å². The van der Waals surface area contributed by atoms with E-state index in [1.54, 1.807) is 0 Å². The number of ether oxygens (including phenoxy) is 2. The molecule has 1 saturated heterocycles. The van der Waals surface area contributed by atoms with Crippen molar-refractivity contribution >= 4 is 5.91 Å². The van der Waals surface area contributed by atoms with E-state index in [1.807, 2.05) is 35.2 Å². The van der Waals surface area contributed by atoms with Crippen LogP contribution >= 0.6 is 0 Å². The van der Waals surface area contributed by atoms with E-state index in [2.05, 4.69) is 25.5 Å². The smallest absolute Gasteiger partial charge is 0.223 e. The highest BCUT2D eigenvalue weighted by molar-refractivity contribution is 5.77. The number of nitrogens with zero attached hydrogens (tertiary/aromatic N) is 3. The fraction of sp³-hybridized carbons (Fsp3) is 0.583. The Morgan fingerprint density at radius 3 is 2.83 bits per heavy atom. The van der Waals surface area contributed by atoms with Gasteiger partial charge >= 0.3 is 0 Å². The molecule has 1 fully saturated rings. The molecule has 0 saturated carbocycles. The van der Waals surface area contributed by atoms with Crippen molar-refractivity contribution in [2.75, 3.05) is 19.8 Å². The molecule has 2 aliphatic heterocycles. The number of carbonyl (C=O) groups excluding carboxylic acids is 1. The zero-order chi connectivity index (χ0) is 21.1. The van der Waals surface area contributed by atoms with Crippen LogP contribution in [-0.4, -0.2) is 40.3 Å². The molecule has 30 heavy (non-hydrogen) atoms. The summed E-state index contributed by atoms with van der Waals surface area (Å²) in [6, 6.07) is 9.93. The zero-order valence-corrected chi connectivity index (χ0v) is 18.4. The number of amides is 1. The van der Waals surface area contributed by atoms with E-state index in [4.69, 9.17) is 14.6 Å². The Bertz CT molecular complexity index is 870. The number of benzene rings is 1. The largest absolute Gasteiger partial charge is 0.492 e. The second kappa shape index (κ2) is 8.80. The molecule has 0 radical (unpaired) electrons. The van der Waals surface area contributed by atoms with Gasteiger partial charge in [-0.1, -0.05) is 39.0 Å². The number of hydrogen-bond donors (Lipinski definition) is 0. The Balaban J connectivity index is 1.52. The summed E-state index contributed by atoms with van der Waals surface area (Å²) < 4.78 is 13.7. The summed E-state index contributed by atoms with van der Waals surface area (Å²) >= 11 is 0. The number of likely N-dealkylation sites (tertiary alicyclic amines) is 1. The van der Waals surface area contributed by atoms with Gasteiger partial charge in [-0.05, 0) is 30.4 Å². The van der Waals surface area contributed by atoms with Crippen molar-refractivity contribution in [3.8, 4) is 5.75 Å². The van der Waals surface area contributed by atoms with Crippen LogP contribution in [0.1, 0.15) is 63.0 Å². The summed E-state index contributed by atoms with van der Waals surface area (Å²) in [5.74, 6) is 1.11. The van der Waals surface area contributed by atoms with Crippen LogP contribution in [0.15, 0.2) is 30.3 Å². The van der Waals surface area contributed by atoms with Crippen LogP contribution in [-0.2, 0) is 29.1 Å². The third-order valence-corrected chi connectivity index (χ3v) is 5.81. The maximum absolute atomic E-state index is 13.0. The van der Waals surface area contributed by atoms with Gasteiger partial charge in [0.25, 0.3) is 0 Å². The predicted octanol–water partition coefficient (Wildman–Crippen LogP) is 4.13. The van der Waals surface area contributed by atoms with E-state index in [1.165, 1.54) is 11.3 Å². The van der Waals surface area contributed by atoms with Crippen molar-refractivity contribution in [1.82, 2.24) is 14.7 Å². The van der Waals surface area contributed by atoms with Crippen molar-refractivity contribution in [2.45, 2.75) is 65.6 Å². The van der Waals surface area contributed by atoms with Crippen LogP contribution in [0.2, 0.25) is 0 Å². The molecular formula is C24H33N3O3. The Labute approximate surface area is 179 Å². The van der Waals surface area contributed by atoms with Crippen LogP contribution < -0.4 is 4.74 Å². The minimum Gasteiger partial charge on any atom is -0.492 e. The van der Waals surface area contributed by atoms with Gasteiger partial charge in [0.15, 0.2) is 0 Å². The molecule has 1 amide bonds. The fourth-order valence-electron chi connectivity index (χ4n) is 4.46. The minimum atomic E-state index is -0.0130. The molecule has 0 bridgehead atoms. The highest BCUT2D eigenvalue weighted by Crippen LogP contribution is 2.37. The molecule has 162 valence electrons. The fourth-order valence-corrected chi connectivity index (χ4v) is 4.46. The summed E-state index contributed by atoms with van der Waals surface area (Å²) in [5.41, 5.74) is 3.44. The van der Waals surface area contributed by atoms with Gasteiger partial charge in [0, 0.05) is 30.6 Å². The third-order valence-electron chi connectivity index (χ3n) is 5.81. The highest BCUT2D eigenvalue weighted by Gasteiger charge is 2.36. The minimum absolute atomic E-state index is 0.0130. The molecule has 6 heteroatoms. The molecule has 1 aromatic heterocycles. The number of fused-ring (bicyclic) bond motifs is 1. The van der Waals surface area contributed by atoms with Gasteiger partial charge in [0.05, 0.1) is 31.5 Å². The SMILES string of the molecule is CC(C)(C)CC(=O)N1CCCC1c1nn(CCOc2ccccc2)c2c1COCC2. The summed E-state index contributed by atoms with van der Waals surface area (Å²) in [4.78, 5) is 15.0. The predicted molar refractivity (Wildman–Crippen MR) is 115 cm³/mol. The third kappa shape index (κ3) is 4.69. The van der Waals surface area contributed by atoms with E-state index in [9.17, 15) is 4.79 Å². The van der Waals surface area contributed by atoms with Crippen LogP contribution in [0.4, 0.5) is 0 Å². The van der Waals surface area contributed by atoms with Gasteiger partial charge in [0.1, 0.15) is 12.4 Å². The first-order valence-corrected chi connectivity index (χ1v) is 11.1. The number of aromatic nitrogens is 2. The molecule has 2 aromatic rings. The van der Waals surface area contributed by atoms with Gasteiger partial charge in [-0.3, -0.25) is 9.48 Å². The molecule has 2 aliphatic rings. The molecule has 0 spiro atoms. The lowest BCUT2D eigenvalue weighted by Crippen LogP contribution is -2.33. The van der Waals surface area contributed by atoms with Crippen LogP contribution in [0.25, 0.3) is 0 Å². The molecule has 0 aliphatic carbocycles. The number of hydrogen-bond acceptors (Lipinski definition) is 4. The van der Waals surface area contributed by atoms with Crippen molar-refractivity contribution in [3.05, 3.63) is 47.3 Å². The first kappa shape index (κ1) is 20.9. The summed E-state index contributed by atoms with van der Waals surface area (Å²) in [7, 11) is 0. The summed E-state index contributed by atoms with van der Waals surface area (Å²) in [6.07, 6.45) is 3.42. The van der Waals surface area contributed by atoms with E-state index < -0.39 is 0 Å². The Morgan fingerprint density at radius 2 is 2.07 bits per heavy atom. The van der Waals surface area contributed by atoms with Gasteiger partial charge in [-0.2, -0.15) is 5.10 Å². The van der Waals surface area contributed by atoms with Crippen molar-refractivity contribution in [1.29, 1.82) is 0 Å². The molecule has 1 unspecified atom stereocenters. The highest BCUT2D eigenvalue weighted by atomic mass is 16.5. The Hall–Kier alpha value is -2.34. The standard InChI is InChI=1S/C24H33N3O3/c1-24(2,3)16-22(28)26-12-7-10-21(26)23-19-17-29-14-11-20(19)27(25-23)13-15-30-18-8-5-4-6-9-18/h4-6,8-9,21H,7,10-17H2,1-3H3. The average molecular weight is 412 g/mol. The molecule has 3 heterocycles. The zero-order valence-electron chi connectivity index (χ0n) is 18.4. The maximum atomic E-state index is 13.0. The molecule has 6 nitrogen and oxygen atoms in total. The second-order valence-electron chi connectivity index (χ2n) is 9.48. The summed E-state index contributed by atoms with van der Waals surface area (Å²) in [6.45, 7) is 9.74. The van der Waals surface area contributed by atoms with Crippen LogP contribution in [0, 0.1) is 5.41 Å². The van der Waals surface area contributed by atoms with E-state index in [0.29, 0.717) is 26.2 Å². The lowest BCUT2D eigenvalue weighted by atomic mass is 9.91. The van der Waals surface area contributed by atoms with Crippen molar-refractivity contribution in [3.63, 3.8) is 0 Å². The van der Waals surface area contributed by atoms with Crippen LogP contribution in [0.3, 0.4) is 0 Å². The van der Waals surface area contributed by atoms with E-state index >= 15 is 0 Å². The van der Waals surface area contributed by atoms with Gasteiger partial charge < -0.3 is 14.4 Å². The first-order valence-electron chi connectivity index (χ1n) is 11.1. The monoisotopic (exact) mass is 411 g/mol. The first-order chi connectivity index (χ1) is 14.4. The molecule has 4 rings (SSSR count). The maximum Gasteiger partial charge on any atom is 0.223 e. The second-order valence-corrected chi connectivity index (χ2v) is 9.48. The Kier molecular flexibility index (Phi) is 6.14. The number of carbonyl (C=O) groups is 1. The quantitative estimate of drug-likeness (QED) is 0.717. The average Bonchev–Trinajstić information content (AvgIpc) is 3.33. The molecule has 0 N–H and O–H groups in total. The molecule has 1 aromatic carbocycles. The van der Waals surface area contributed by atoms with Gasteiger partial charge in [0.2, 0.25) is 5.91 Å². The number of para-hydroxylation sites is 1. The van der Waals surface area contributed by atoms with Crippen molar-refractivity contribution < 1.29 is 14.3 Å². The normalized spacial score (nSPS) is 19.0. The summed E-state index contributed by atoms with van der Waals surface area (Å²) in [5, 5.41) is 5.00. The van der Waals surface area contributed by atoms with Crippen molar-refractivity contribution in [2.24, 2.45) is 5.41 Å². The number of rotatable bonds is 6. The lowest BCUT2D eigenvalue weighted by Gasteiger charge is -2.28. The van der Waals surface area contributed by atoms with E-state index in [0.717, 1.165) is 43.9 Å². The Morgan fingerprint density at radius 1 is 1.27 bits per heavy atom. The molecule has 1 atom stereocenters. The lowest BCUT2D eigenvalue weighted by molar-refractivity contribution is -0.134. The van der Waals surface area contributed by atoms with E-state index in [-0.39, 0.29) is 17.4 Å². The topological polar surface area (TPSA) is 56.6 Å². The van der Waals surface area contributed by atoms with Gasteiger partial charge in [-0.15, -0.1) is 0 Å².